The van der Waals surface area contributed by atoms with E-state index in [1.165, 1.54) is 25.7 Å². The van der Waals surface area contributed by atoms with Crippen molar-refractivity contribution in [3.05, 3.63) is 0 Å². The van der Waals surface area contributed by atoms with Gasteiger partial charge in [-0.05, 0) is 44.1 Å². The molecule has 0 amide bonds. The van der Waals surface area contributed by atoms with Gasteiger partial charge in [0.1, 0.15) is 0 Å². The monoisotopic (exact) mass is 265 g/mol. The van der Waals surface area contributed by atoms with E-state index in [0.29, 0.717) is 12.3 Å². The first-order valence-electron chi connectivity index (χ1n) is 7.22. The van der Waals surface area contributed by atoms with Crippen LogP contribution in [-0.4, -0.2) is 18.8 Å². The molecule has 1 saturated carbocycles. The van der Waals surface area contributed by atoms with Crippen LogP contribution in [0.2, 0.25) is 0 Å². The van der Waals surface area contributed by atoms with Crippen molar-refractivity contribution in [3.63, 3.8) is 0 Å². The Bertz CT molecular complexity index is 220. The van der Waals surface area contributed by atoms with E-state index in [1.807, 2.05) is 6.92 Å². The van der Waals surface area contributed by atoms with Gasteiger partial charge in [0.25, 0.3) is 0 Å². The van der Waals surface area contributed by atoms with Crippen LogP contribution in [0.1, 0.15) is 58.8 Å². The fourth-order valence-electron chi connectivity index (χ4n) is 2.98. The van der Waals surface area contributed by atoms with Crippen molar-refractivity contribution in [1.29, 1.82) is 0 Å². The Morgan fingerprint density at radius 1 is 1.17 bits per heavy atom. The van der Waals surface area contributed by atoms with Crippen LogP contribution in [0, 0.1) is 11.8 Å². The molecular formula is C14H26F3N. The lowest BCUT2D eigenvalue weighted by Crippen LogP contribution is -2.38. The highest BCUT2D eigenvalue weighted by molar-refractivity contribution is 4.81. The van der Waals surface area contributed by atoms with Crippen LogP contribution in [0.25, 0.3) is 0 Å². The van der Waals surface area contributed by atoms with E-state index in [4.69, 9.17) is 0 Å². The highest BCUT2D eigenvalue weighted by atomic mass is 19.4. The first-order valence-corrected chi connectivity index (χ1v) is 7.22. The van der Waals surface area contributed by atoms with Gasteiger partial charge in [-0.3, -0.25) is 0 Å². The maximum Gasteiger partial charge on any atom is 0.389 e. The van der Waals surface area contributed by atoms with Gasteiger partial charge in [0, 0.05) is 12.5 Å². The molecular weight excluding hydrogens is 239 g/mol. The lowest BCUT2D eigenvalue weighted by atomic mass is 9.78. The molecule has 0 aliphatic heterocycles. The molecule has 0 aromatic rings. The van der Waals surface area contributed by atoms with Crippen LogP contribution in [0.5, 0.6) is 0 Å². The normalized spacial score (nSPS) is 27.2. The van der Waals surface area contributed by atoms with Crippen molar-refractivity contribution < 1.29 is 13.2 Å². The van der Waals surface area contributed by atoms with Crippen molar-refractivity contribution in [2.75, 3.05) is 6.54 Å². The Hall–Kier alpha value is -0.250. The number of rotatable bonds is 6. The van der Waals surface area contributed by atoms with Crippen LogP contribution in [0.15, 0.2) is 0 Å². The summed E-state index contributed by atoms with van der Waals surface area (Å²) in [7, 11) is 0. The minimum atomic E-state index is -4.00. The number of hydrogen-bond donors (Lipinski definition) is 1. The second kappa shape index (κ2) is 7.37. The average Bonchev–Trinajstić information content (AvgIpc) is 2.27. The van der Waals surface area contributed by atoms with Crippen LogP contribution in [-0.2, 0) is 0 Å². The Morgan fingerprint density at radius 3 is 2.28 bits per heavy atom. The topological polar surface area (TPSA) is 12.0 Å². The van der Waals surface area contributed by atoms with Crippen LogP contribution in [0.4, 0.5) is 13.2 Å². The van der Waals surface area contributed by atoms with E-state index in [1.54, 1.807) is 0 Å². The molecule has 0 spiro atoms. The molecule has 0 aromatic carbocycles. The Labute approximate surface area is 109 Å². The minimum Gasteiger partial charge on any atom is -0.314 e. The fourth-order valence-corrected chi connectivity index (χ4v) is 2.98. The first-order chi connectivity index (χ1) is 8.42. The highest BCUT2D eigenvalue weighted by Crippen LogP contribution is 2.32. The number of alkyl halides is 3. The molecule has 0 heterocycles. The molecule has 0 saturated heterocycles. The summed E-state index contributed by atoms with van der Waals surface area (Å²) >= 11 is 0. The van der Waals surface area contributed by atoms with Gasteiger partial charge in [0.05, 0.1) is 0 Å². The van der Waals surface area contributed by atoms with Gasteiger partial charge in [-0.25, -0.2) is 0 Å². The van der Waals surface area contributed by atoms with Gasteiger partial charge in [-0.1, -0.05) is 26.7 Å². The maximum absolute atomic E-state index is 12.2. The number of nitrogens with one attached hydrogen (secondary N) is 1. The Kier molecular flexibility index (Phi) is 6.47. The zero-order chi connectivity index (χ0) is 13.6. The summed E-state index contributed by atoms with van der Waals surface area (Å²) in [5, 5.41) is 3.39. The summed E-state index contributed by atoms with van der Waals surface area (Å²) in [5.41, 5.74) is 0. The number of halogens is 3. The Morgan fingerprint density at radius 2 is 1.78 bits per heavy atom. The summed E-state index contributed by atoms with van der Waals surface area (Å²) in [4.78, 5) is 0. The third kappa shape index (κ3) is 6.07. The van der Waals surface area contributed by atoms with Crippen molar-refractivity contribution in [2.45, 2.75) is 71.0 Å². The summed E-state index contributed by atoms with van der Waals surface area (Å²) in [6.07, 6.45) is 1.07. The quantitative estimate of drug-likeness (QED) is 0.744. The molecule has 4 heteroatoms. The van der Waals surface area contributed by atoms with Gasteiger partial charge >= 0.3 is 6.18 Å². The summed E-state index contributed by atoms with van der Waals surface area (Å²) in [6, 6.07) is 0.282. The highest BCUT2D eigenvalue weighted by Gasteiger charge is 2.29. The molecule has 1 nitrogen and oxygen atoms in total. The van der Waals surface area contributed by atoms with Gasteiger partial charge < -0.3 is 5.32 Å². The molecule has 1 aliphatic carbocycles. The molecule has 18 heavy (non-hydrogen) atoms. The molecule has 0 bridgehead atoms. The molecule has 0 radical (unpaired) electrons. The van der Waals surface area contributed by atoms with Gasteiger partial charge in [-0.15, -0.1) is 0 Å². The molecule has 1 atom stereocenters. The van der Waals surface area contributed by atoms with E-state index in [9.17, 15) is 13.2 Å². The van der Waals surface area contributed by atoms with Crippen molar-refractivity contribution >= 4 is 0 Å². The van der Waals surface area contributed by atoms with Crippen molar-refractivity contribution in [1.82, 2.24) is 5.32 Å². The van der Waals surface area contributed by atoms with Crippen molar-refractivity contribution in [2.24, 2.45) is 11.8 Å². The lowest BCUT2D eigenvalue weighted by molar-refractivity contribution is -0.136. The molecule has 1 aliphatic rings. The van der Waals surface area contributed by atoms with Gasteiger partial charge in [0.15, 0.2) is 0 Å². The Balaban J connectivity index is 2.34. The van der Waals surface area contributed by atoms with Gasteiger partial charge in [0.2, 0.25) is 0 Å². The first kappa shape index (κ1) is 15.8. The summed E-state index contributed by atoms with van der Waals surface area (Å²) in [6.45, 7) is 5.15. The maximum atomic E-state index is 12.2. The molecule has 108 valence electrons. The van der Waals surface area contributed by atoms with Crippen LogP contribution >= 0.6 is 0 Å². The van der Waals surface area contributed by atoms with Crippen LogP contribution < -0.4 is 5.32 Å². The number of hydrogen-bond acceptors (Lipinski definition) is 1. The average molecular weight is 265 g/mol. The minimum absolute atomic E-state index is 0.257. The molecule has 1 unspecified atom stereocenters. The van der Waals surface area contributed by atoms with E-state index >= 15 is 0 Å². The van der Waals surface area contributed by atoms with Gasteiger partial charge in [-0.2, -0.15) is 13.2 Å². The lowest BCUT2D eigenvalue weighted by Gasteiger charge is -2.33. The zero-order valence-electron chi connectivity index (χ0n) is 11.5. The second-order valence-corrected chi connectivity index (χ2v) is 5.69. The predicted octanol–water partition coefficient (Wildman–Crippen LogP) is 4.52. The summed E-state index contributed by atoms with van der Waals surface area (Å²) in [5.74, 6) is 1.37. The fraction of sp³-hybridized carbons (Fsp3) is 1.00. The third-order valence-corrected chi connectivity index (χ3v) is 4.07. The zero-order valence-corrected chi connectivity index (χ0v) is 11.5. The van der Waals surface area contributed by atoms with E-state index < -0.39 is 12.6 Å². The SMILES string of the molecule is CCNC(CCCC(F)(F)F)C1CCC(C)CC1. The van der Waals surface area contributed by atoms with Crippen molar-refractivity contribution in [3.8, 4) is 0 Å². The molecule has 0 aromatic heterocycles. The third-order valence-electron chi connectivity index (χ3n) is 4.07. The summed E-state index contributed by atoms with van der Waals surface area (Å²) < 4.78 is 36.5. The van der Waals surface area contributed by atoms with Crippen LogP contribution in [0.3, 0.4) is 0 Å². The largest absolute Gasteiger partial charge is 0.389 e. The molecule has 1 rings (SSSR count). The predicted molar refractivity (Wildman–Crippen MR) is 68.5 cm³/mol. The molecule has 1 N–H and O–H groups in total. The second-order valence-electron chi connectivity index (χ2n) is 5.69. The molecule has 1 fully saturated rings. The standard InChI is InChI=1S/C14H26F3N/c1-3-18-13(5-4-10-14(15,16)17)12-8-6-11(2)7-9-12/h11-13,18H,3-10H2,1-2H3. The van der Waals surface area contributed by atoms with E-state index in [-0.39, 0.29) is 12.5 Å². The van der Waals surface area contributed by atoms with E-state index in [2.05, 4.69) is 12.2 Å². The smallest absolute Gasteiger partial charge is 0.314 e. The van der Waals surface area contributed by atoms with E-state index in [0.717, 1.165) is 12.5 Å².